The molecule has 0 aliphatic carbocycles. The lowest BCUT2D eigenvalue weighted by Gasteiger charge is -2.09. The van der Waals surface area contributed by atoms with Crippen molar-refractivity contribution < 1.29 is 9.53 Å². The predicted octanol–water partition coefficient (Wildman–Crippen LogP) is 1.93. The minimum atomic E-state index is -0.263. The van der Waals surface area contributed by atoms with Gasteiger partial charge in [-0.1, -0.05) is 0 Å². The molecule has 1 heterocycles. The van der Waals surface area contributed by atoms with Gasteiger partial charge in [0.2, 0.25) is 0 Å². The zero-order valence-corrected chi connectivity index (χ0v) is 9.48. The van der Waals surface area contributed by atoms with Crippen LogP contribution in [0.25, 0.3) is 0 Å². The van der Waals surface area contributed by atoms with Gasteiger partial charge in [-0.3, -0.25) is 4.79 Å². The van der Waals surface area contributed by atoms with E-state index in [1.807, 2.05) is 19.9 Å². The number of nitrogens with two attached hydrogens (primary N) is 1. The van der Waals surface area contributed by atoms with Crippen molar-refractivity contribution in [2.45, 2.75) is 26.3 Å². The second kappa shape index (κ2) is 4.57. The summed E-state index contributed by atoms with van der Waals surface area (Å²) < 4.78 is 4.57. The molecule has 1 aromatic heterocycles. The van der Waals surface area contributed by atoms with Gasteiger partial charge in [0, 0.05) is 15.8 Å². The fraction of sp³-hybridized carbons (Fsp3) is 0.500. The molecule has 0 aliphatic heterocycles. The first-order valence-corrected chi connectivity index (χ1v) is 5.25. The Bertz CT molecular complexity index is 333. The molecule has 78 valence electrons. The summed E-state index contributed by atoms with van der Waals surface area (Å²) in [4.78, 5) is 13.4. The normalized spacial score (nSPS) is 12.6. The quantitative estimate of drug-likeness (QED) is 0.780. The Morgan fingerprint density at radius 2 is 2.29 bits per heavy atom. The average molecular weight is 213 g/mol. The highest BCUT2D eigenvalue weighted by Gasteiger charge is 2.15. The Hall–Kier alpha value is -0.870. The van der Waals surface area contributed by atoms with Gasteiger partial charge in [-0.15, -0.1) is 11.3 Å². The zero-order chi connectivity index (χ0) is 10.7. The van der Waals surface area contributed by atoms with Crippen LogP contribution in [0.4, 0.5) is 0 Å². The first-order valence-electron chi connectivity index (χ1n) is 4.44. The van der Waals surface area contributed by atoms with Crippen LogP contribution in [-0.4, -0.2) is 13.1 Å². The van der Waals surface area contributed by atoms with E-state index in [0.717, 1.165) is 5.56 Å². The molecule has 0 fully saturated rings. The highest BCUT2D eigenvalue weighted by atomic mass is 32.1. The number of ether oxygens (including phenoxy) is 1. The third-order valence-electron chi connectivity index (χ3n) is 2.09. The maximum Gasteiger partial charge on any atom is 0.307 e. The van der Waals surface area contributed by atoms with Crippen molar-refractivity contribution in [3.63, 3.8) is 0 Å². The molecule has 4 heteroatoms. The smallest absolute Gasteiger partial charge is 0.307 e. The van der Waals surface area contributed by atoms with E-state index in [-0.39, 0.29) is 18.4 Å². The Balaban J connectivity index is 2.73. The van der Waals surface area contributed by atoms with Gasteiger partial charge in [-0.25, -0.2) is 0 Å². The molecule has 0 amide bonds. The molecule has 0 aliphatic rings. The SMILES string of the molecule is COC(=O)C[C@@H](N)c1cc(C)sc1C. The van der Waals surface area contributed by atoms with E-state index in [4.69, 9.17) is 5.73 Å². The highest BCUT2D eigenvalue weighted by molar-refractivity contribution is 7.12. The Morgan fingerprint density at radius 1 is 1.64 bits per heavy atom. The van der Waals surface area contributed by atoms with E-state index in [2.05, 4.69) is 4.74 Å². The maximum atomic E-state index is 11.0. The lowest BCUT2D eigenvalue weighted by molar-refractivity contribution is -0.141. The van der Waals surface area contributed by atoms with E-state index in [1.54, 1.807) is 11.3 Å². The van der Waals surface area contributed by atoms with E-state index >= 15 is 0 Å². The van der Waals surface area contributed by atoms with Crippen LogP contribution in [-0.2, 0) is 9.53 Å². The van der Waals surface area contributed by atoms with E-state index in [1.165, 1.54) is 16.9 Å². The fourth-order valence-electron chi connectivity index (χ4n) is 1.39. The summed E-state index contributed by atoms with van der Waals surface area (Å²) in [5.74, 6) is -0.263. The molecule has 0 saturated heterocycles. The topological polar surface area (TPSA) is 52.3 Å². The van der Waals surface area contributed by atoms with Gasteiger partial charge >= 0.3 is 5.97 Å². The van der Waals surface area contributed by atoms with Gasteiger partial charge in [0.1, 0.15) is 0 Å². The molecule has 1 rings (SSSR count). The number of esters is 1. The largest absolute Gasteiger partial charge is 0.469 e. The Morgan fingerprint density at radius 3 is 2.71 bits per heavy atom. The van der Waals surface area contributed by atoms with E-state index in [0.29, 0.717) is 0 Å². The number of methoxy groups -OCH3 is 1. The average Bonchev–Trinajstić information content (AvgIpc) is 2.45. The summed E-state index contributed by atoms with van der Waals surface area (Å²) in [7, 11) is 1.38. The summed E-state index contributed by atoms with van der Waals surface area (Å²) in [6.07, 6.45) is 0.244. The van der Waals surface area contributed by atoms with Gasteiger partial charge in [0.15, 0.2) is 0 Å². The molecular weight excluding hydrogens is 198 g/mol. The first kappa shape index (κ1) is 11.2. The standard InChI is InChI=1S/C10H15NO2S/c1-6-4-8(7(2)14-6)9(11)5-10(12)13-3/h4,9H,5,11H2,1-3H3/t9-/m1/s1. The summed E-state index contributed by atoms with van der Waals surface area (Å²) in [5, 5.41) is 0. The van der Waals surface area contributed by atoms with Crippen LogP contribution < -0.4 is 5.73 Å². The second-order valence-corrected chi connectivity index (χ2v) is 4.72. The van der Waals surface area contributed by atoms with E-state index in [9.17, 15) is 4.79 Å². The summed E-state index contributed by atoms with van der Waals surface area (Å²) in [5.41, 5.74) is 6.95. The van der Waals surface area contributed by atoms with Crippen LogP contribution in [0.15, 0.2) is 6.07 Å². The monoisotopic (exact) mass is 213 g/mol. The van der Waals surface area contributed by atoms with Crippen molar-refractivity contribution >= 4 is 17.3 Å². The molecule has 1 atom stereocenters. The van der Waals surface area contributed by atoms with Gasteiger partial charge in [-0.2, -0.15) is 0 Å². The molecule has 3 nitrogen and oxygen atoms in total. The molecule has 0 unspecified atom stereocenters. The van der Waals surface area contributed by atoms with Gasteiger partial charge in [-0.05, 0) is 25.5 Å². The Kier molecular flexibility index (Phi) is 3.66. The molecule has 0 saturated carbocycles. The van der Waals surface area contributed by atoms with Crippen LogP contribution in [0.1, 0.15) is 27.8 Å². The molecule has 2 N–H and O–H groups in total. The van der Waals surface area contributed by atoms with Gasteiger partial charge < -0.3 is 10.5 Å². The van der Waals surface area contributed by atoms with Crippen LogP contribution >= 0.6 is 11.3 Å². The van der Waals surface area contributed by atoms with Crippen molar-refractivity contribution in [3.8, 4) is 0 Å². The number of aryl methyl sites for hydroxylation is 2. The maximum absolute atomic E-state index is 11.0. The first-order chi connectivity index (χ1) is 6.54. The number of carbonyl (C=O) groups excluding carboxylic acids is 1. The third-order valence-corrected chi connectivity index (χ3v) is 3.07. The number of hydrogen-bond donors (Lipinski definition) is 1. The van der Waals surface area contributed by atoms with Crippen LogP contribution in [0.5, 0.6) is 0 Å². The molecular formula is C10H15NO2S. The van der Waals surface area contributed by atoms with Crippen molar-refractivity contribution in [2.24, 2.45) is 5.73 Å². The number of thiophene rings is 1. The molecule has 0 bridgehead atoms. The van der Waals surface area contributed by atoms with Crippen LogP contribution in [0, 0.1) is 13.8 Å². The second-order valence-electron chi connectivity index (χ2n) is 3.26. The zero-order valence-electron chi connectivity index (χ0n) is 8.66. The van der Waals surface area contributed by atoms with E-state index < -0.39 is 0 Å². The molecule has 0 aromatic carbocycles. The molecule has 0 radical (unpaired) electrons. The lowest BCUT2D eigenvalue weighted by Crippen LogP contribution is -2.16. The highest BCUT2D eigenvalue weighted by Crippen LogP contribution is 2.26. The van der Waals surface area contributed by atoms with Gasteiger partial charge in [0.05, 0.1) is 13.5 Å². The van der Waals surface area contributed by atoms with Crippen LogP contribution in [0.2, 0.25) is 0 Å². The summed E-state index contributed by atoms with van der Waals surface area (Å²) in [6, 6.07) is 1.79. The van der Waals surface area contributed by atoms with Crippen molar-refractivity contribution in [2.75, 3.05) is 7.11 Å². The fourth-order valence-corrected chi connectivity index (χ4v) is 2.39. The van der Waals surface area contributed by atoms with Crippen molar-refractivity contribution in [1.29, 1.82) is 0 Å². The molecule has 0 spiro atoms. The number of hydrogen-bond acceptors (Lipinski definition) is 4. The van der Waals surface area contributed by atoms with Crippen molar-refractivity contribution in [3.05, 3.63) is 21.4 Å². The third kappa shape index (κ3) is 2.56. The predicted molar refractivity (Wildman–Crippen MR) is 57.4 cm³/mol. The van der Waals surface area contributed by atoms with Gasteiger partial charge in [0.25, 0.3) is 0 Å². The van der Waals surface area contributed by atoms with Crippen LogP contribution in [0.3, 0.4) is 0 Å². The summed E-state index contributed by atoms with van der Waals surface area (Å²) >= 11 is 1.70. The number of rotatable bonds is 3. The Labute approximate surface area is 87.9 Å². The van der Waals surface area contributed by atoms with Crippen molar-refractivity contribution in [1.82, 2.24) is 0 Å². The molecule has 1 aromatic rings. The minimum absolute atomic E-state index is 0.243. The number of carbonyl (C=O) groups is 1. The molecule has 14 heavy (non-hydrogen) atoms. The minimum Gasteiger partial charge on any atom is -0.469 e. The lowest BCUT2D eigenvalue weighted by atomic mass is 10.1. The summed E-state index contributed by atoms with van der Waals surface area (Å²) in [6.45, 7) is 4.05.